The molecule has 0 saturated carbocycles. The molecular weight excluding hydrogens is 244 g/mol. The molecule has 100 valence electrons. The van der Waals surface area contributed by atoms with Gasteiger partial charge in [-0.15, -0.1) is 0 Å². The summed E-state index contributed by atoms with van der Waals surface area (Å²) in [4.78, 5) is 10.8. The van der Waals surface area contributed by atoms with Gasteiger partial charge < -0.3 is 14.3 Å². The molecule has 0 saturated heterocycles. The predicted octanol–water partition coefficient (Wildman–Crippen LogP) is 3.16. The quantitative estimate of drug-likeness (QED) is 0.920. The molecule has 19 heavy (non-hydrogen) atoms. The van der Waals surface area contributed by atoms with Crippen molar-refractivity contribution >= 4 is 16.9 Å². The lowest BCUT2D eigenvalue weighted by Crippen LogP contribution is -2.22. The average molecular weight is 260 g/mol. The molecule has 1 N–H and O–H groups in total. The van der Waals surface area contributed by atoms with Crippen molar-refractivity contribution in [2.24, 2.45) is 0 Å². The molecule has 0 fully saturated rings. The number of aryl methyl sites for hydroxylation is 2. The third-order valence-corrected chi connectivity index (χ3v) is 3.59. The topological polar surface area (TPSA) is 59.7 Å². The van der Waals surface area contributed by atoms with E-state index in [1.807, 2.05) is 12.1 Å². The fourth-order valence-corrected chi connectivity index (χ4v) is 2.57. The van der Waals surface area contributed by atoms with E-state index in [1.54, 1.807) is 6.07 Å². The van der Waals surface area contributed by atoms with Crippen LogP contribution in [0.5, 0.6) is 5.75 Å². The highest BCUT2D eigenvalue weighted by Gasteiger charge is 2.19. The monoisotopic (exact) mass is 260 g/mol. The predicted molar refractivity (Wildman–Crippen MR) is 70.6 cm³/mol. The lowest BCUT2D eigenvalue weighted by molar-refractivity contribution is -0.144. The number of carboxylic acids is 1. The molecule has 1 aromatic carbocycles. The van der Waals surface area contributed by atoms with Gasteiger partial charge in [-0.2, -0.15) is 0 Å². The SMILES string of the molecule is CC(Oc1ccc2c3c(oc2c1)CCCC3)C(=O)O. The van der Waals surface area contributed by atoms with Gasteiger partial charge >= 0.3 is 5.97 Å². The lowest BCUT2D eigenvalue weighted by atomic mass is 9.96. The van der Waals surface area contributed by atoms with Gasteiger partial charge in [0.1, 0.15) is 17.1 Å². The van der Waals surface area contributed by atoms with Crippen molar-refractivity contribution < 1.29 is 19.1 Å². The van der Waals surface area contributed by atoms with Gasteiger partial charge in [-0.05, 0) is 38.3 Å². The van der Waals surface area contributed by atoms with Crippen molar-refractivity contribution in [3.8, 4) is 5.75 Å². The van der Waals surface area contributed by atoms with Crippen LogP contribution in [0, 0.1) is 0 Å². The van der Waals surface area contributed by atoms with Gasteiger partial charge in [0.25, 0.3) is 0 Å². The number of fused-ring (bicyclic) bond motifs is 3. The Bertz CT molecular complexity index is 626. The molecule has 0 radical (unpaired) electrons. The second kappa shape index (κ2) is 4.61. The van der Waals surface area contributed by atoms with E-state index < -0.39 is 12.1 Å². The summed E-state index contributed by atoms with van der Waals surface area (Å²) in [6.45, 7) is 1.51. The van der Waals surface area contributed by atoms with Crippen LogP contribution in [-0.2, 0) is 17.6 Å². The minimum Gasteiger partial charge on any atom is -0.479 e. The smallest absolute Gasteiger partial charge is 0.344 e. The van der Waals surface area contributed by atoms with Crippen molar-refractivity contribution in [2.75, 3.05) is 0 Å². The average Bonchev–Trinajstić information content (AvgIpc) is 2.76. The first-order valence-corrected chi connectivity index (χ1v) is 6.59. The number of benzene rings is 1. The third-order valence-electron chi connectivity index (χ3n) is 3.59. The Morgan fingerprint density at radius 3 is 2.95 bits per heavy atom. The summed E-state index contributed by atoms with van der Waals surface area (Å²) < 4.78 is 11.2. The van der Waals surface area contributed by atoms with E-state index in [2.05, 4.69) is 0 Å². The first kappa shape index (κ1) is 12.1. The molecule has 0 spiro atoms. The van der Waals surface area contributed by atoms with E-state index in [4.69, 9.17) is 14.3 Å². The molecule has 1 aliphatic carbocycles. The van der Waals surface area contributed by atoms with Gasteiger partial charge in [0.15, 0.2) is 6.10 Å². The zero-order valence-corrected chi connectivity index (χ0v) is 10.8. The van der Waals surface area contributed by atoms with Gasteiger partial charge in [-0.25, -0.2) is 4.79 Å². The van der Waals surface area contributed by atoms with Gasteiger partial charge in [0.05, 0.1) is 0 Å². The second-order valence-electron chi connectivity index (χ2n) is 4.97. The summed E-state index contributed by atoms with van der Waals surface area (Å²) in [5.74, 6) is 0.636. The number of carbonyl (C=O) groups is 1. The van der Waals surface area contributed by atoms with Crippen molar-refractivity contribution in [1.82, 2.24) is 0 Å². The van der Waals surface area contributed by atoms with Crippen LogP contribution in [0.1, 0.15) is 31.1 Å². The van der Waals surface area contributed by atoms with Crippen LogP contribution in [-0.4, -0.2) is 17.2 Å². The minimum atomic E-state index is -0.973. The van der Waals surface area contributed by atoms with Crippen LogP contribution in [0.15, 0.2) is 22.6 Å². The number of hydrogen-bond donors (Lipinski definition) is 1. The summed E-state index contributed by atoms with van der Waals surface area (Å²) in [5.41, 5.74) is 2.10. The van der Waals surface area contributed by atoms with Crippen LogP contribution >= 0.6 is 0 Å². The van der Waals surface area contributed by atoms with E-state index in [9.17, 15) is 4.79 Å². The van der Waals surface area contributed by atoms with E-state index in [1.165, 1.54) is 25.3 Å². The number of hydrogen-bond acceptors (Lipinski definition) is 3. The normalized spacial score (nSPS) is 16.1. The summed E-state index contributed by atoms with van der Waals surface area (Å²) in [7, 11) is 0. The molecule has 4 heteroatoms. The van der Waals surface area contributed by atoms with Crippen molar-refractivity contribution in [3.63, 3.8) is 0 Å². The number of aliphatic carboxylic acids is 1. The number of carboxylic acid groups (broad SMARTS) is 1. The van der Waals surface area contributed by atoms with Crippen LogP contribution in [0.25, 0.3) is 11.0 Å². The standard InChI is InChI=1S/C15H16O4/c1-9(15(16)17)18-10-6-7-12-11-4-2-3-5-13(11)19-14(12)8-10/h6-9H,2-5H2,1H3,(H,16,17). The molecule has 1 heterocycles. The Morgan fingerprint density at radius 1 is 1.37 bits per heavy atom. The number of furan rings is 1. The van der Waals surface area contributed by atoms with Gasteiger partial charge in [0.2, 0.25) is 0 Å². The Hall–Kier alpha value is -1.97. The summed E-state index contributed by atoms with van der Waals surface area (Å²) >= 11 is 0. The summed E-state index contributed by atoms with van der Waals surface area (Å²) in [5, 5.41) is 9.97. The van der Waals surface area contributed by atoms with Crippen LogP contribution in [0.3, 0.4) is 0 Å². The highest BCUT2D eigenvalue weighted by Crippen LogP contribution is 2.33. The zero-order chi connectivity index (χ0) is 13.4. The second-order valence-corrected chi connectivity index (χ2v) is 4.97. The molecule has 1 unspecified atom stereocenters. The maximum absolute atomic E-state index is 10.8. The van der Waals surface area contributed by atoms with Crippen molar-refractivity contribution in [1.29, 1.82) is 0 Å². The fraction of sp³-hybridized carbons (Fsp3) is 0.400. The first-order chi connectivity index (χ1) is 9.15. The van der Waals surface area contributed by atoms with E-state index in [0.717, 1.165) is 29.6 Å². The molecule has 2 aromatic rings. The van der Waals surface area contributed by atoms with Crippen molar-refractivity contribution in [3.05, 3.63) is 29.5 Å². The Labute approximate surface area is 111 Å². The van der Waals surface area contributed by atoms with Crippen molar-refractivity contribution in [2.45, 2.75) is 38.7 Å². The Balaban J connectivity index is 1.95. The molecule has 1 aromatic heterocycles. The zero-order valence-electron chi connectivity index (χ0n) is 10.8. The van der Waals surface area contributed by atoms with E-state index in [0.29, 0.717) is 5.75 Å². The summed E-state index contributed by atoms with van der Waals surface area (Å²) in [6, 6.07) is 5.56. The maximum Gasteiger partial charge on any atom is 0.344 e. The highest BCUT2D eigenvalue weighted by molar-refractivity contribution is 5.84. The van der Waals surface area contributed by atoms with Gasteiger partial charge in [-0.1, -0.05) is 0 Å². The molecule has 1 aliphatic rings. The minimum absolute atomic E-state index is 0.536. The summed E-state index contributed by atoms with van der Waals surface area (Å²) in [6.07, 6.45) is 3.57. The molecule has 0 aliphatic heterocycles. The lowest BCUT2D eigenvalue weighted by Gasteiger charge is -2.10. The molecule has 4 nitrogen and oxygen atoms in total. The van der Waals surface area contributed by atoms with E-state index >= 15 is 0 Å². The molecular formula is C15H16O4. The van der Waals surface area contributed by atoms with Crippen LogP contribution < -0.4 is 4.74 Å². The first-order valence-electron chi connectivity index (χ1n) is 6.59. The van der Waals surface area contributed by atoms with E-state index in [-0.39, 0.29) is 0 Å². The Morgan fingerprint density at radius 2 is 2.16 bits per heavy atom. The third kappa shape index (κ3) is 2.18. The maximum atomic E-state index is 10.8. The van der Waals surface area contributed by atoms with Crippen LogP contribution in [0.2, 0.25) is 0 Å². The largest absolute Gasteiger partial charge is 0.479 e. The molecule has 1 atom stereocenters. The fourth-order valence-electron chi connectivity index (χ4n) is 2.57. The van der Waals surface area contributed by atoms with Gasteiger partial charge in [-0.3, -0.25) is 0 Å². The molecule has 0 amide bonds. The van der Waals surface area contributed by atoms with Gasteiger partial charge in [0, 0.05) is 23.4 Å². The Kier molecular flexibility index (Phi) is 2.93. The van der Waals surface area contributed by atoms with Crippen LogP contribution in [0.4, 0.5) is 0 Å². The molecule has 3 rings (SSSR count). The number of rotatable bonds is 3. The number of ether oxygens (including phenoxy) is 1. The highest BCUT2D eigenvalue weighted by atomic mass is 16.5. The molecule has 0 bridgehead atoms.